The predicted octanol–water partition coefficient (Wildman–Crippen LogP) is 4.58. The lowest BCUT2D eigenvalue weighted by Gasteiger charge is -2.41. The molecule has 0 unspecified atom stereocenters. The van der Waals surface area contributed by atoms with Crippen molar-refractivity contribution in [1.29, 1.82) is 0 Å². The van der Waals surface area contributed by atoms with Crippen LogP contribution in [0.5, 0.6) is 0 Å². The zero-order chi connectivity index (χ0) is 15.5. The van der Waals surface area contributed by atoms with Crippen molar-refractivity contribution >= 4 is 14.9 Å². The first kappa shape index (κ1) is 14.5. The lowest BCUT2D eigenvalue weighted by Crippen LogP contribution is -2.40. The Kier molecular flexibility index (Phi) is 3.59. The zero-order valence-corrected chi connectivity index (χ0v) is 13.3. The van der Waals surface area contributed by atoms with E-state index < -0.39 is 9.25 Å². The minimum Gasteiger partial charge on any atom is -0.318 e. The Bertz CT molecular complexity index is 770. The van der Waals surface area contributed by atoms with Crippen molar-refractivity contribution in [3.05, 3.63) is 91.0 Å². The molecule has 0 atom stereocenters. The van der Waals surface area contributed by atoms with Crippen LogP contribution in [0.2, 0.25) is 0 Å². The molecule has 0 aliphatic carbocycles. The lowest BCUT2D eigenvalue weighted by atomic mass is 10.3. The van der Waals surface area contributed by atoms with Gasteiger partial charge in [0.2, 0.25) is 0 Å². The SMILES string of the molecule is CS(=O)(Nc1ccccc1)(c1ccccc1)c1ccccc1. The summed E-state index contributed by atoms with van der Waals surface area (Å²) < 4.78 is 17.6. The van der Waals surface area contributed by atoms with Gasteiger partial charge in [-0.1, -0.05) is 54.6 Å². The summed E-state index contributed by atoms with van der Waals surface area (Å²) in [4.78, 5) is 1.57. The highest BCUT2D eigenvalue weighted by Gasteiger charge is 2.35. The second-order valence-electron chi connectivity index (χ2n) is 5.43. The molecule has 3 heteroatoms. The summed E-state index contributed by atoms with van der Waals surface area (Å²) in [5, 5.41) is 0. The molecule has 3 aromatic rings. The largest absolute Gasteiger partial charge is 0.318 e. The average Bonchev–Trinajstić information content (AvgIpc) is 2.57. The molecular formula is C19H19NOS. The molecule has 112 valence electrons. The van der Waals surface area contributed by atoms with Gasteiger partial charge in [-0.3, -0.25) is 4.21 Å². The third-order valence-electron chi connectivity index (χ3n) is 3.76. The Morgan fingerprint density at radius 2 is 1.00 bits per heavy atom. The van der Waals surface area contributed by atoms with E-state index in [0.717, 1.165) is 15.5 Å². The van der Waals surface area contributed by atoms with E-state index in [1.165, 1.54) is 0 Å². The first-order valence-electron chi connectivity index (χ1n) is 7.17. The molecule has 0 radical (unpaired) electrons. The number of para-hydroxylation sites is 1. The van der Waals surface area contributed by atoms with Crippen molar-refractivity contribution in [2.75, 3.05) is 11.0 Å². The summed E-state index contributed by atoms with van der Waals surface area (Å²) in [6.07, 6.45) is 1.80. The zero-order valence-electron chi connectivity index (χ0n) is 12.5. The van der Waals surface area contributed by atoms with E-state index in [0.29, 0.717) is 0 Å². The minimum absolute atomic E-state index is 0.787. The maximum atomic E-state index is 14.2. The molecule has 0 saturated carbocycles. The van der Waals surface area contributed by atoms with E-state index in [-0.39, 0.29) is 0 Å². The van der Waals surface area contributed by atoms with Crippen LogP contribution in [0, 0.1) is 0 Å². The van der Waals surface area contributed by atoms with Crippen molar-refractivity contribution in [2.45, 2.75) is 9.79 Å². The van der Waals surface area contributed by atoms with Crippen LogP contribution >= 0.6 is 0 Å². The van der Waals surface area contributed by atoms with Gasteiger partial charge in [0.1, 0.15) is 0 Å². The van der Waals surface area contributed by atoms with Gasteiger partial charge in [0.05, 0.1) is 0 Å². The topological polar surface area (TPSA) is 29.1 Å². The molecule has 2 nitrogen and oxygen atoms in total. The fourth-order valence-corrected chi connectivity index (χ4v) is 5.38. The quantitative estimate of drug-likeness (QED) is 0.751. The standard InChI is InChI=1S/C19H19NOS/c1-22(21,18-13-7-3-8-14-18,19-15-9-4-10-16-19)20-17-11-5-2-6-12-17/h2-16H,1H3,(H,20,21). The molecule has 0 aromatic heterocycles. The lowest BCUT2D eigenvalue weighted by molar-refractivity contribution is 0.663. The number of nitrogens with one attached hydrogen (secondary N) is 1. The number of hydrogen-bond donors (Lipinski definition) is 1. The summed E-state index contributed by atoms with van der Waals surface area (Å²) in [7, 11) is -3.44. The van der Waals surface area contributed by atoms with E-state index in [1.807, 2.05) is 91.0 Å². The van der Waals surface area contributed by atoms with Gasteiger partial charge in [-0.25, -0.2) is 0 Å². The molecule has 0 aliphatic heterocycles. The molecule has 0 fully saturated rings. The van der Waals surface area contributed by atoms with Gasteiger partial charge in [-0.15, -0.1) is 0 Å². The summed E-state index contributed by atoms with van der Waals surface area (Å²) in [6.45, 7) is 0. The van der Waals surface area contributed by atoms with Crippen LogP contribution in [0.3, 0.4) is 0 Å². The molecular weight excluding hydrogens is 290 g/mol. The van der Waals surface area contributed by atoms with Crippen LogP contribution in [0.4, 0.5) is 5.69 Å². The van der Waals surface area contributed by atoms with E-state index in [1.54, 1.807) is 6.26 Å². The molecule has 0 spiro atoms. The fourth-order valence-electron chi connectivity index (χ4n) is 2.54. The number of benzene rings is 3. The van der Waals surface area contributed by atoms with Gasteiger partial charge in [0.15, 0.2) is 0 Å². The molecule has 0 heterocycles. The molecule has 0 aliphatic rings. The van der Waals surface area contributed by atoms with Gasteiger partial charge < -0.3 is 4.72 Å². The Hall–Kier alpha value is -2.39. The Balaban J connectivity index is 2.21. The minimum atomic E-state index is -3.44. The maximum absolute atomic E-state index is 14.2. The first-order chi connectivity index (χ1) is 10.6. The Labute approximate surface area is 131 Å². The first-order valence-corrected chi connectivity index (χ1v) is 9.54. The van der Waals surface area contributed by atoms with Crippen molar-refractivity contribution in [3.63, 3.8) is 0 Å². The molecule has 3 aromatic carbocycles. The van der Waals surface area contributed by atoms with Gasteiger partial charge in [0.25, 0.3) is 0 Å². The highest BCUT2D eigenvalue weighted by molar-refractivity contribution is 8.20. The van der Waals surface area contributed by atoms with Crippen molar-refractivity contribution in [1.82, 2.24) is 0 Å². The van der Waals surface area contributed by atoms with Gasteiger partial charge in [-0.2, -0.15) is 0 Å². The highest BCUT2D eigenvalue weighted by Crippen LogP contribution is 2.41. The summed E-state index contributed by atoms with van der Waals surface area (Å²) in [5.74, 6) is 0. The second-order valence-corrected chi connectivity index (χ2v) is 9.25. The normalized spacial score (nSPS) is 13.0. The Morgan fingerprint density at radius 3 is 1.41 bits per heavy atom. The molecule has 0 bridgehead atoms. The van der Waals surface area contributed by atoms with Crippen LogP contribution in [-0.4, -0.2) is 10.5 Å². The van der Waals surface area contributed by atoms with Gasteiger partial charge in [-0.05, 0) is 36.4 Å². The molecule has 0 amide bonds. The van der Waals surface area contributed by atoms with Crippen LogP contribution in [0.1, 0.15) is 0 Å². The third kappa shape index (κ3) is 2.55. The predicted molar refractivity (Wildman–Crippen MR) is 93.5 cm³/mol. The number of anilines is 1. The van der Waals surface area contributed by atoms with E-state index in [9.17, 15) is 4.21 Å². The summed E-state index contributed by atoms with van der Waals surface area (Å²) >= 11 is 0. The second kappa shape index (κ2) is 5.43. The number of rotatable bonds is 4. The van der Waals surface area contributed by atoms with Crippen LogP contribution in [-0.2, 0) is 9.25 Å². The smallest absolute Gasteiger partial charge is 0.0451 e. The van der Waals surface area contributed by atoms with Crippen molar-refractivity contribution in [3.8, 4) is 0 Å². The van der Waals surface area contributed by atoms with Crippen LogP contribution < -0.4 is 4.72 Å². The van der Waals surface area contributed by atoms with Crippen LogP contribution in [0.15, 0.2) is 101 Å². The highest BCUT2D eigenvalue weighted by atomic mass is 32.3. The fraction of sp³-hybridized carbons (Fsp3) is 0.0526. The van der Waals surface area contributed by atoms with E-state index in [4.69, 9.17) is 0 Å². The van der Waals surface area contributed by atoms with Crippen molar-refractivity contribution < 1.29 is 4.21 Å². The van der Waals surface area contributed by atoms with E-state index >= 15 is 0 Å². The van der Waals surface area contributed by atoms with Gasteiger partial charge >= 0.3 is 0 Å². The monoisotopic (exact) mass is 309 g/mol. The summed E-state index contributed by atoms with van der Waals surface area (Å²) in [5.41, 5.74) is 0.842. The molecule has 22 heavy (non-hydrogen) atoms. The van der Waals surface area contributed by atoms with E-state index in [2.05, 4.69) is 4.72 Å². The maximum Gasteiger partial charge on any atom is 0.0451 e. The Morgan fingerprint density at radius 1 is 0.636 bits per heavy atom. The van der Waals surface area contributed by atoms with Gasteiger partial charge in [0, 0.05) is 31.0 Å². The van der Waals surface area contributed by atoms with Crippen molar-refractivity contribution in [2.24, 2.45) is 0 Å². The molecule has 3 rings (SSSR count). The van der Waals surface area contributed by atoms with Crippen LogP contribution in [0.25, 0.3) is 0 Å². The molecule has 0 saturated heterocycles. The third-order valence-corrected chi connectivity index (χ3v) is 7.30. The summed E-state index contributed by atoms with van der Waals surface area (Å²) in [6, 6.07) is 28.9. The number of hydrogen-bond acceptors (Lipinski definition) is 1. The molecule has 1 N–H and O–H groups in total. The average molecular weight is 309 g/mol.